The number of hydrogen-bond donors (Lipinski definition) is 1. The van der Waals surface area contributed by atoms with Gasteiger partial charge in [-0.05, 0) is 17.5 Å². The van der Waals surface area contributed by atoms with Crippen molar-refractivity contribution < 1.29 is 23.8 Å². The van der Waals surface area contributed by atoms with E-state index in [2.05, 4.69) is 0 Å². The van der Waals surface area contributed by atoms with Crippen molar-refractivity contribution in [2.75, 3.05) is 14.2 Å². The van der Waals surface area contributed by atoms with Crippen LogP contribution in [0, 0.1) is 0 Å². The lowest BCUT2D eigenvalue weighted by Crippen LogP contribution is -2.08. The second-order valence-corrected chi connectivity index (χ2v) is 3.47. The number of benzene rings is 1. The van der Waals surface area contributed by atoms with Gasteiger partial charge in [0.05, 0.1) is 14.2 Å². The molecule has 0 radical (unpaired) electrons. The summed E-state index contributed by atoms with van der Waals surface area (Å²) in [6, 6.07) is 4.42. The van der Waals surface area contributed by atoms with Gasteiger partial charge in [-0.3, -0.25) is 0 Å². The first-order valence-corrected chi connectivity index (χ1v) is 5.00. The van der Waals surface area contributed by atoms with Gasteiger partial charge < -0.3 is 19.0 Å². The number of carboxylic acid groups (broad SMARTS) is 1. The van der Waals surface area contributed by atoms with Crippen LogP contribution in [-0.2, 0) is 0 Å². The summed E-state index contributed by atoms with van der Waals surface area (Å²) in [5.74, 6) is -1.12. The molecule has 2 aromatic rings. The van der Waals surface area contributed by atoms with Crippen molar-refractivity contribution in [3.05, 3.63) is 34.4 Å². The quantitative estimate of drug-likeness (QED) is 0.888. The molecular weight excluding hydrogens is 240 g/mol. The molecule has 0 aliphatic heterocycles. The van der Waals surface area contributed by atoms with Crippen LogP contribution in [0.3, 0.4) is 0 Å². The third kappa shape index (κ3) is 1.77. The van der Waals surface area contributed by atoms with Gasteiger partial charge in [0.2, 0.25) is 5.76 Å². The van der Waals surface area contributed by atoms with Crippen LogP contribution in [0.15, 0.2) is 27.4 Å². The molecule has 1 aromatic heterocycles. The van der Waals surface area contributed by atoms with Gasteiger partial charge in [0, 0.05) is 0 Å². The van der Waals surface area contributed by atoms with Crippen molar-refractivity contribution in [3.63, 3.8) is 0 Å². The van der Waals surface area contributed by atoms with Gasteiger partial charge >= 0.3 is 11.6 Å². The van der Waals surface area contributed by atoms with E-state index in [1.54, 1.807) is 12.1 Å². The van der Waals surface area contributed by atoms with E-state index in [4.69, 9.17) is 19.0 Å². The van der Waals surface area contributed by atoms with Gasteiger partial charge in [0.15, 0.2) is 11.5 Å². The van der Waals surface area contributed by atoms with E-state index < -0.39 is 17.4 Å². The minimum atomic E-state index is -1.30. The predicted molar refractivity (Wildman–Crippen MR) is 62.5 cm³/mol. The monoisotopic (exact) mass is 250 g/mol. The second kappa shape index (κ2) is 4.40. The third-order valence-electron chi connectivity index (χ3n) is 2.48. The maximum Gasteiger partial charge on any atom is 0.371 e. The van der Waals surface area contributed by atoms with Gasteiger partial charge in [-0.1, -0.05) is 6.07 Å². The molecule has 2 rings (SSSR count). The Morgan fingerprint density at radius 1 is 1.28 bits per heavy atom. The highest BCUT2D eigenvalue weighted by Gasteiger charge is 2.16. The highest BCUT2D eigenvalue weighted by Crippen LogP contribution is 2.33. The molecule has 0 fully saturated rings. The van der Waals surface area contributed by atoms with Crippen LogP contribution in [0.1, 0.15) is 10.6 Å². The van der Waals surface area contributed by atoms with Crippen molar-refractivity contribution in [2.24, 2.45) is 0 Å². The Balaban J connectivity index is 2.87. The fourth-order valence-electron chi connectivity index (χ4n) is 1.70. The number of hydrogen-bond acceptors (Lipinski definition) is 5. The van der Waals surface area contributed by atoms with Crippen LogP contribution in [0.25, 0.3) is 10.8 Å². The van der Waals surface area contributed by atoms with Crippen molar-refractivity contribution in [1.82, 2.24) is 0 Å². The lowest BCUT2D eigenvalue weighted by atomic mass is 10.1. The summed E-state index contributed by atoms with van der Waals surface area (Å²) < 4.78 is 14.9. The predicted octanol–water partition coefficient (Wildman–Crippen LogP) is 1.51. The molecule has 0 aliphatic rings. The number of fused-ring (bicyclic) bond motifs is 1. The fraction of sp³-hybridized carbons (Fsp3) is 0.167. The first kappa shape index (κ1) is 12.0. The topological polar surface area (TPSA) is 86.0 Å². The zero-order valence-electron chi connectivity index (χ0n) is 9.72. The van der Waals surface area contributed by atoms with Crippen LogP contribution in [-0.4, -0.2) is 25.3 Å². The molecule has 18 heavy (non-hydrogen) atoms. The zero-order valence-corrected chi connectivity index (χ0v) is 9.72. The summed E-state index contributed by atoms with van der Waals surface area (Å²) in [6.45, 7) is 0. The van der Waals surface area contributed by atoms with Crippen molar-refractivity contribution >= 4 is 16.7 Å². The van der Waals surface area contributed by atoms with E-state index >= 15 is 0 Å². The van der Waals surface area contributed by atoms with Gasteiger partial charge in [0.1, 0.15) is 5.39 Å². The summed E-state index contributed by atoms with van der Waals surface area (Å²) in [5, 5.41) is 9.38. The Hall–Kier alpha value is -2.50. The minimum absolute atomic E-state index is 0.154. The molecular formula is C12H10O6. The van der Waals surface area contributed by atoms with Crippen molar-refractivity contribution in [3.8, 4) is 11.5 Å². The Kier molecular flexibility index (Phi) is 2.93. The van der Waals surface area contributed by atoms with E-state index in [9.17, 15) is 9.59 Å². The lowest BCUT2D eigenvalue weighted by Gasteiger charge is -2.09. The van der Waals surface area contributed by atoms with E-state index in [1.807, 2.05) is 0 Å². The molecule has 0 amide bonds. The largest absolute Gasteiger partial charge is 0.493 e. The zero-order chi connectivity index (χ0) is 13.3. The molecule has 0 saturated carbocycles. The first-order chi connectivity index (χ1) is 8.58. The first-order valence-electron chi connectivity index (χ1n) is 5.00. The Bertz CT molecular complexity index is 670. The van der Waals surface area contributed by atoms with E-state index in [1.165, 1.54) is 20.3 Å². The van der Waals surface area contributed by atoms with Crippen LogP contribution in [0.4, 0.5) is 0 Å². The molecule has 0 spiro atoms. The van der Waals surface area contributed by atoms with Gasteiger partial charge in [-0.25, -0.2) is 9.59 Å². The smallest absolute Gasteiger partial charge is 0.371 e. The molecule has 0 aliphatic carbocycles. The molecule has 6 nitrogen and oxygen atoms in total. The number of methoxy groups -OCH3 is 2. The second-order valence-electron chi connectivity index (χ2n) is 3.47. The maximum atomic E-state index is 11.8. The van der Waals surface area contributed by atoms with Gasteiger partial charge in [-0.15, -0.1) is 0 Å². The maximum absolute atomic E-state index is 11.8. The Morgan fingerprint density at radius 2 is 2.00 bits per heavy atom. The number of ether oxygens (including phenoxy) is 2. The molecule has 0 saturated heterocycles. The number of carbonyl (C=O) groups is 1. The summed E-state index contributed by atoms with van der Waals surface area (Å²) in [6.07, 6.45) is 0. The fourth-order valence-corrected chi connectivity index (χ4v) is 1.70. The normalized spacial score (nSPS) is 10.3. The SMILES string of the molecule is COc1ccc2cc(C(=O)O)oc(=O)c2c1OC. The highest BCUT2D eigenvalue weighted by molar-refractivity contribution is 5.94. The lowest BCUT2D eigenvalue weighted by molar-refractivity contribution is 0.0658. The van der Waals surface area contributed by atoms with Crippen molar-refractivity contribution in [2.45, 2.75) is 0 Å². The van der Waals surface area contributed by atoms with Crippen molar-refractivity contribution in [1.29, 1.82) is 0 Å². The molecule has 0 unspecified atom stereocenters. The Morgan fingerprint density at radius 3 is 2.56 bits per heavy atom. The summed E-state index contributed by atoms with van der Waals surface area (Å²) >= 11 is 0. The van der Waals surface area contributed by atoms with Crippen LogP contribution >= 0.6 is 0 Å². The minimum Gasteiger partial charge on any atom is -0.493 e. The number of rotatable bonds is 3. The number of aromatic carboxylic acids is 1. The average molecular weight is 250 g/mol. The molecule has 1 aromatic carbocycles. The standard InChI is InChI=1S/C12H10O6/c1-16-7-4-3-6-5-8(11(13)14)18-12(15)9(6)10(7)17-2/h3-5H,1-2H3,(H,13,14). The summed E-state index contributed by atoms with van der Waals surface area (Å²) in [7, 11) is 2.83. The summed E-state index contributed by atoms with van der Waals surface area (Å²) in [4.78, 5) is 22.6. The van der Waals surface area contributed by atoms with Crippen LogP contribution in [0.5, 0.6) is 11.5 Å². The Labute approximate surface area is 101 Å². The van der Waals surface area contributed by atoms with Gasteiger partial charge in [-0.2, -0.15) is 0 Å². The summed E-state index contributed by atoms with van der Waals surface area (Å²) in [5.41, 5.74) is -0.777. The number of carboxylic acids is 1. The van der Waals surface area contributed by atoms with Crippen LogP contribution < -0.4 is 15.1 Å². The molecule has 94 valence electrons. The molecule has 1 heterocycles. The molecule has 0 atom stereocenters. The molecule has 0 bridgehead atoms. The molecule has 1 N–H and O–H groups in total. The van der Waals surface area contributed by atoms with E-state index in [0.717, 1.165) is 0 Å². The highest BCUT2D eigenvalue weighted by atomic mass is 16.5. The van der Waals surface area contributed by atoms with E-state index in [-0.39, 0.29) is 11.1 Å². The third-order valence-corrected chi connectivity index (χ3v) is 2.48. The molecule has 6 heteroatoms. The van der Waals surface area contributed by atoms with E-state index in [0.29, 0.717) is 11.1 Å². The average Bonchev–Trinajstić information content (AvgIpc) is 2.36. The van der Waals surface area contributed by atoms with Gasteiger partial charge in [0.25, 0.3) is 0 Å². The van der Waals surface area contributed by atoms with Crippen LogP contribution in [0.2, 0.25) is 0 Å².